The van der Waals surface area contributed by atoms with Gasteiger partial charge in [0.1, 0.15) is 22.9 Å². The molecule has 175 valence electrons. The second-order valence-electron chi connectivity index (χ2n) is 7.88. The molecular formula is C22H23N3NaO6S2. The molecule has 3 aliphatic heterocycles. The molecule has 3 N–H and O–H groups in total. The fraction of sp³-hybridized carbons (Fsp3) is 0.364. The Labute approximate surface area is 227 Å². The van der Waals surface area contributed by atoms with E-state index in [2.05, 4.69) is 5.32 Å². The number of thioether (sulfide) groups is 2. The molecule has 0 unspecified atom stereocenters. The molecule has 3 heterocycles. The molecule has 1 radical (unpaired) electrons. The SMILES string of the molecule is CSCC(=O)N[C@@H]1C(=O)N2C(C(=O)O)=C(C=C3CCN(Cc4ccc(O)cc4)C3=O)CS[C@H]12.[Na]. The van der Waals surface area contributed by atoms with Crippen LogP contribution in [0.25, 0.3) is 0 Å². The molecule has 0 aromatic heterocycles. The first-order valence-electron chi connectivity index (χ1n) is 10.3. The summed E-state index contributed by atoms with van der Waals surface area (Å²) in [4.78, 5) is 52.3. The van der Waals surface area contributed by atoms with Crippen molar-refractivity contribution in [3.05, 3.63) is 52.7 Å². The summed E-state index contributed by atoms with van der Waals surface area (Å²) < 4.78 is 0. The van der Waals surface area contributed by atoms with Crippen LogP contribution in [-0.2, 0) is 25.7 Å². The van der Waals surface area contributed by atoms with E-state index in [9.17, 15) is 29.4 Å². The second kappa shape index (κ2) is 11.2. The van der Waals surface area contributed by atoms with Gasteiger partial charge in [-0.05, 0) is 42.0 Å². The molecule has 0 aliphatic carbocycles. The summed E-state index contributed by atoms with van der Waals surface area (Å²) in [5, 5.41) is 21.4. The molecule has 1 aromatic carbocycles. The van der Waals surface area contributed by atoms with Crippen molar-refractivity contribution >= 4 is 76.8 Å². The van der Waals surface area contributed by atoms with Crippen LogP contribution in [0.4, 0.5) is 0 Å². The largest absolute Gasteiger partial charge is 0.508 e. The number of carboxylic acid groups (broad SMARTS) is 1. The van der Waals surface area contributed by atoms with Gasteiger partial charge in [-0.25, -0.2) is 4.79 Å². The first-order chi connectivity index (χ1) is 15.8. The van der Waals surface area contributed by atoms with Crippen molar-refractivity contribution in [2.75, 3.05) is 24.3 Å². The predicted molar refractivity (Wildman–Crippen MR) is 130 cm³/mol. The summed E-state index contributed by atoms with van der Waals surface area (Å²) in [7, 11) is 0. The first kappa shape index (κ1) is 26.7. The van der Waals surface area contributed by atoms with Crippen LogP contribution < -0.4 is 5.32 Å². The topological polar surface area (TPSA) is 127 Å². The Morgan fingerprint density at radius 1 is 1.26 bits per heavy atom. The fourth-order valence-corrected chi connectivity index (χ4v) is 5.74. The molecule has 0 spiro atoms. The number of aliphatic carboxylic acids is 1. The van der Waals surface area contributed by atoms with Gasteiger partial charge in [-0.1, -0.05) is 12.1 Å². The summed E-state index contributed by atoms with van der Waals surface area (Å²) in [6, 6.07) is 5.88. The maximum Gasteiger partial charge on any atom is 0.352 e. The van der Waals surface area contributed by atoms with E-state index < -0.39 is 23.3 Å². The quantitative estimate of drug-likeness (QED) is 0.278. The van der Waals surface area contributed by atoms with Crippen molar-refractivity contribution in [2.24, 2.45) is 0 Å². The van der Waals surface area contributed by atoms with E-state index in [-0.39, 0.29) is 58.6 Å². The number of likely N-dealkylation sites (tertiary alicyclic amines) is 1. The second-order valence-corrected chi connectivity index (χ2v) is 9.85. The van der Waals surface area contributed by atoms with Gasteiger partial charge in [-0.3, -0.25) is 19.3 Å². The number of benzene rings is 1. The van der Waals surface area contributed by atoms with Gasteiger partial charge in [0.2, 0.25) is 11.8 Å². The van der Waals surface area contributed by atoms with Crippen molar-refractivity contribution in [1.29, 1.82) is 0 Å². The third-order valence-electron chi connectivity index (χ3n) is 5.66. The van der Waals surface area contributed by atoms with Gasteiger partial charge in [-0.2, -0.15) is 11.8 Å². The van der Waals surface area contributed by atoms with Crippen LogP contribution in [0.5, 0.6) is 5.75 Å². The standard InChI is InChI=1S/C22H23N3O6S2.Na/c1-32-11-16(27)23-17-20(29)25-18(22(30)31)14(10-33-21(17)25)8-13-6-7-24(19(13)28)9-12-2-4-15(26)5-3-12;/h2-5,8,17,21,26H,6-7,9-11H2,1H3,(H,23,27)(H,30,31);/t17-,21-;/m1./s1. The Bertz CT molecular complexity index is 1070. The number of β-lactam (4-membered cyclic amide) rings is 1. The number of carboxylic acids is 1. The Morgan fingerprint density at radius 2 is 1.97 bits per heavy atom. The van der Waals surface area contributed by atoms with Crippen LogP contribution in [0.15, 0.2) is 47.2 Å². The molecular weight excluding hydrogens is 489 g/mol. The Hall–Kier alpha value is -1.92. The molecule has 2 atom stereocenters. The zero-order valence-electron chi connectivity index (χ0n) is 18.8. The Kier molecular flexibility index (Phi) is 8.80. The third-order valence-corrected chi connectivity index (χ3v) is 7.52. The molecule has 2 saturated heterocycles. The molecule has 3 aliphatic rings. The minimum atomic E-state index is -1.24. The molecule has 3 amide bonds. The van der Waals surface area contributed by atoms with Gasteiger partial charge in [0.25, 0.3) is 5.91 Å². The van der Waals surface area contributed by atoms with Crippen LogP contribution in [0, 0.1) is 0 Å². The third kappa shape index (κ3) is 5.33. The minimum absolute atomic E-state index is 0. The van der Waals surface area contributed by atoms with E-state index >= 15 is 0 Å². The molecule has 12 heteroatoms. The maximum atomic E-state index is 12.9. The fourth-order valence-electron chi connectivity index (χ4n) is 4.08. The van der Waals surface area contributed by atoms with Crippen LogP contribution >= 0.6 is 23.5 Å². The average Bonchev–Trinajstić information content (AvgIpc) is 3.12. The monoisotopic (exact) mass is 512 g/mol. The summed E-state index contributed by atoms with van der Waals surface area (Å²) in [5.74, 6) is -1.44. The van der Waals surface area contributed by atoms with Gasteiger partial charge >= 0.3 is 5.97 Å². The number of nitrogens with one attached hydrogen (secondary N) is 1. The zero-order chi connectivity index (χ0) is 23.7. The van der Waals surface area contributed by atoms with E-state index in [1.54, 1.807) is 41.5 Å². The predicted octanol–water partition coefficient (Wildman–Crippen LogP) is 0.772. The van der Waals surface area contributed by atoms with Gasteiger partial charge < -0.3 is 20.4 Å². The average molecular weight is 513 g/mol. The van der Waals surface area contributed by atoms with Crippen molar-refractivity contribution in [3.63, 3.8) is 0 Å². The van der Waals surface area contributed by atoms with Crippen LogP contribution in [-0.4, -0.2) is 109 Å². The number of allylic oxidation sites excluding steroid dienone is 1. The van der Waals surface area contributed by atoms with Crippen molar-refractivity contribution in [2.45, 2.75) is 24.4 Å². The van der Waals surface area contributed by atoms with E-state index in [0.717, 1.165) is 5.56 Å². The van der Waals surface area contributed by atoms with Crippen molar-refractivity contribution in [1.82, 2.24) is 15.1 Å². The number of rotatable bonds is 7. The summed E-state index contributed by atoms with van der Waals surface area (Å²) >= 11 is 2.71. The van der Waals surface area contributed by atoms with E-state index in [0.29, 0.717) is 36.4 Å². The number of carbonyl (C=O) groups is 4. The number of fused-ring (bicyclic) bond motifs is 1. The summed E-state index contributed by atoms with van der Waals surface area (Å²) in [6.07, 6.45) is 3.85. The van der Waals surface area contributed by atoms with Crippen LogP contribution in [0.2, 0.25) is 0 Å². The molecule has 0 bridgehead atoms. The van der Waals surface area contributed by atoms with Gasteiger partial charge in [0.15, 0.2) is 0 Å². The maximum absolute atomic E-state index is 12.9. The molecule has 1 aromatic rings. The summed E-state index contributed by atoms with van der Waals surface area (Å²) in [5.41, 5.74) is 1.67. The number of hydrogen-bond donors (Lipinski definition) is 3. The number of phenolic OH excluding ortho intramolecular Hbond substituents is 1. The number of nitrogens with zero attached hydrogens (tertiary/aromatic N) is 2. The van der Waals surface area contributed by atoms with Gasteiger partial charge in [0, 0.05) is 54.0 Å². The van der Waals surface area contributed by atoms with E-state index in [4.69, 9.17) is 0 Å². The Morgan fingerprint density at radius 3 is 2.62 bits per heavy atom. The van der Waals surface area contributed by atoms with Crippen molar-refractivity contribution < 1.29 is 29.4 Å². The van der Waals surface area contributed by atoms with E-state index in [1.807, 2.05) is 0 Å². The normalized spacial score (nSPS) is 22.9. The van der Waals surface area contributed by atoms with Gasteiger partial charge in [-0.15, -0.1) is 11.8 Å². The smallest absolute Gasteiger partial charge is 0.352 e. The molecule has 9 nitrogen and oxygen atoms in total. The zero-order valence-corrected chi connectivity index (χ0v) is 22.4. The first-order valence-corrected chi connectivity index (χ1v) is 12.7. The van der Waals surface area contributed by atoms with Gasteiger partial charge in [0.05, 0.1) is 5.75 Å². The number of hydrogen-bond acceptors (Lipinski definition) is 7. The van der Waals surface area contributed by atoms with E-state index in [1.165, 1.54) is 28.4 Å². The van der Waals surface area contributed by atoms with Crippen molar-refractivity contribution in [3.8, 4) is 5.75 Å². The molecule has 4 rings (SSSR count). The molecule has 0 saturated carbocycles. The number of carbonyl (C=O) groups excluding carboxylic acids is 3. The number of aromatic hydroxyl groups is 1. The Balaban J connectivity index is 0.00000324. The number of amides is 3. The van der Waals surface area contributed by atoms with Crippen LogP contribution in [0.1, 0.15) is 12.0 Å². The van der Waals surface area contributed by atoms with Crippen LogP contribution in [0.3, 0.4) is 0 Å². The minimum Gasteiger partial charge on any atom is -0.508 e. The molecule has 34 heavy (non-hydrogen) atoms. The molecule has 2 fully saturated rings. The summed E-state index contributed by atoms with van der Waals surface area (Å²) in [6.45, 7) is 0.892. The number of phenols is 1.